The number of aromatic nitrogens is 3. The number of fused-ring (bicyclic) bond motifs is 2. The fourth-order valence-electron chi connectivity index (χ4n) is 3.51. The van der Waals surface area contributed by atoms with Gasteiger partial charge in [0.2, 0.25) is 0 Å². The number of H-pyrrole nitrogens is 1. The lowest BCUT2D eigenvalue weighted by Gasteiger charge is -2.26. The number of ether oxygens (including phenoxy) is 2. The number of rotatable bonds is 5. The van der Waals surface area contributed by atoms with Gasteiger partial charge in [-0.3, -0.25) is 0 Å². The van der Waals surface area contributed by atoms with Gasteiger partial charge < -0.3 is 19.0 Å². The standard InChI is InChI=1S/C21H18BrN3O3/c22-17-3-1-14(16-5-7-23-20(16)17)11-28-21(26)13-2-4-18-19(9-13)25(12-24-18)10-15-6-8-27-15/h1-5,7,9,12,15,23H,6,8,10-11H2. The summed E-state index contributed by atoms with van der Waals surface area (Å²) in [6, 6.07) is 11.4. The molecule has 0 aliphatic carbocycles. The number of carbonyl (C=O) groups is 1. The first-order valence-electron chi connectivity index (χ1n) is 9.17. The Hall–Kier alpha value is -2.64. The van der Waals surface area contributed by atoms with Gasteiger partial charge >= 0.3 is 5.97 Å². The number of esters is 1. The maximum absolute atomic E-state index is 12.6. The monoisotopic (exact) mass is 439 g/mol. The van der Waals surface area contributed by atoms with Crippen molar-refractivity contribution in [2.45, 2.75) is 25.7 Å². The van der Waals surface area contributed by atoms with E-state index in [0.29, 0.717) is 5.56 Å². The van der Waals surface area contributed by atoms with Gasteiger partial charge in [0.15, 0.2) is 0 Å². The van der Waals surface area contributed by atoms with Crippen LogP contribution in [0.4, 0.5) is 0 Å². The zero-order chi connectivity index (χ0) is 19.1. The van der Waals surface area contributed by atoms with E-state index in [9.17, 15) is 4.79 Å². The molecule has 0 spiro atoms. The van der Waals surface area contributed by atoms with Crippen molar-refractivity contribution in [3.8, 4) is 0 Å². The van der Waals surface area contributed by atoms with Crippen LogP contribution in [-0.2, 0) is 22.6 Å². The smallest absolute Gasteiger partial charge is 0.338 e. The van der Waals surface area contributed by atoms with Gasteiger partial charge in [-0.05, 0) is 58.2 Å². The Kier molecular flexibility index (Phi) is 4.41. The number of hydrogen-bond donors (Lipinski definition) is 1. The first-order valence-corrected chi connectivity index (χ1v) is 9.96. The summed E-state index contributed by atoms with van der Waals surface area (Å²) in [5, 5.41) is 1.04. The fourth-order valence-corrected chi connectivity index (χ4v) is 3.97. The van der Waals surface area contributed by atoms with E-state index in [4.69, 9.17) is 9.47 Å². The number of carbonyl (C=O) groups excluding carboxylic acids is 1. The van der Waals surface area contributed by atoms with E-state index < -0.39 is 0 Å². The second-order valence-corrected chi connectivity index (χ2v) is 7.79. The highest BCUT2D eigenvalue weighted by Crippen LogP contribution is 2.26. The van der Waals surface area contributed by atoms with Crippen molar-refractivity contribution in [2.75, 3.05) is 6.61 Å². The van der Waals surface area contributed by atoms with Crippen LogP contribution in [0.3, 0.4) is 0 Å². The van der Waals surface area contributed by atoms with E-state index in [0.717, 1.165) is 51.5 Å². The summed E-state index contributed by atoms with van der Waals surface area (Å²) in [4.78, 5) is 20.2. The number of aromatic amines is 1. The molecule has 1 unspecified atom stereocenters. The molecule has 2 aromatic heterocycles. The van der Waals surface area contributed by atoms with Crippen molar-refractivity contribution in [1.29, 1.82) is 0 Å². The molecule has 1 N–H and O–H groups in total. The SMILES string of the molecule is O=C(OCc1ccc(Br)c2[nH]ccc12)c1ccc2ncn(CC3CCO3)c2c1. The highest BCUT2D eigenvalue weighted by molar-refractivity contribution is 9.10. The molecule has 0 saturated carbocycles. The van der Waals surface area contributed by atoms with Gasteiger partial charge in [0.25, 0.3) is 0 Å². The topological polar surface area (TPSA) is 69.1 Å². The predicted octanol–water partition coefficient (Wildman–Crippen LogP) is 4.43. The number of imidazole rings is 1. The molecular formula is C21H18BrN3O3. The zero-order valence-corrected chi connectivity index (χ0v) is 16.6. The molecule has 3 heterocycles. The molecular weight excluding hydrogens is 422 g/mol. The molecule has 5 rings (SSSR count). The third-order valence-corrected chi connectivity index (χ3v) is 5.83. The normalized spacial score (nSPS) is 16.4. The molecule has 142 valence electrons. The molecule has 7 heteroatoms. The van der Waals surface area contributed by atoms with E-state index >= 15 is 0 Å². The van der Waals surface area contributed by atoms with E-state index in [1.807, 2.05) is 41.1 Å². The average Bonchev–Trinajstić information content (AvgIpc) is 3.31. The van der Waals surface area contributed by atoms with Crippen LogP contribution in [-0.4, -0.2) is 33.2 Å². The van der Waals surface area contributed by atoms with Crippen molar-refractivity contribution in [3.63, 3.8) is 0 Å². The van der Waals surface area contributed by atoms with E-state index in [-0.39, 0.29) is 18.7 Å². The molecule has 0 amide bonds. The number of benzene rings is 2. The molecule has 1 fully saturated rings. The summed E-state index contributed by atoms with van der Waals surface area (Å²) in [5.41, 5.74) is 4.25. The van der Waals surface area contributed by atoms with Crippen LogP contribution >= 0.6 is 15.9 Å². The maximum atomic E-state index is 12.6. The first kappa shape index (κ1) is 17.5. The maximum Gasteiger partial charge on any atom is 0.338 e. The molecule has 2 aromatic carbocycles. The Morgan fingerprint density at radius 1 is 1.32 bits per heavy atom. The first-order chi connectivity index (χ1) is 13.7. The largest absolute Gasteiger partial charge is 0.457 e. The minimum absolute atomic E-state index is 0.216. The van der Waals surface area contributed by atoms with Crippen molar-refractivity contribution >= 4 is 43.8 Å². The second kappa shape index (κ2) is 7.07. The molecule has 0 radical (unpaired) electrons. The molecule has 1 atom stereocenters. The molecule has 0 bridgehead atoms. The summed E-state index contributed by atoms with van der Waals surface area (Å²) in [6.45, 7) is 1.78. The summed E-state index contributed by atoms with van der Waals surface area (Å²) in [6.07, 6.45) is 4.96. The quantitative estimate of drug-likeness (QED) is 0.467. The Balaban J connectivity index is 1.35. The third-order valence-electron chi connectivity index (χ3n) is 5.17. The molecule has 1 aliphatic rings. The fraction of sp³-hybridized carbons (Fsp3) is 0.238. The van der Waals surface area contributed by atoms with Crippen molar-refractivity contribution in [2.24, 2.45) is 0 Å². The minimum atomic E-state index is -0.346. The Morgan fingerprint density at radius 2 is 2.21 bits per heavy atom. The number of hydrogen-bond acceptors (Lipinski definition) is 4. The van der Waals surface area contributed by atoms with E-state index in [1.54, 1.807) is 12.4 Å². The summed E-state index contributed by atoms with van der Waals surface area (Å²) in [5.74, 6) is -0.346. The minimum Gasteiger partial charge on any atom is -0.457 e. The van der Waals surface area contributed by atoms with Crippen molar-refractivity contribution in [1.82, 2.24) is 14.5 Å². The summed E-state index contributed by atoms with van der Waals surface area (Å²) < 4.78 is 14.1. The predicted molar refractivity (Wildman–Crippen MR) is 109 cm³/mol. The van der Waals surface area contributed by atoms with Crippen LogP contribution in [0.25, 0.3) is 21.9 Å². The highest BCUT2D eigenvalue weighted by Gasteiger charge is 2.20. The van der Waals surface area contributed by atoms with E-state index in [1.165, 1.54) is 0 Å². The van der Waals surface area contributed by atoms with Crippen LogP contribution in [0.1, 0.15) is 22.3 Å². The van der Waals surface area contributed by atoms with Crippen LogP contribution in [0.15, 0.2) is 53.4 Å². The van der Waals surface area contributed by atoms with Gasteiger partial charge in [-0.2, -0.15) is 0 Å². The summed E-state index contributed by atoms with van der Waals surface area (Å²) in [7, 11) is 0. The summed E-state index contributed by atoms with van der Waals surface area (Å²) >= 11 is 3.52. The Morgan fingerprint density at radius 3 is 3.04 bits per heavy atom. The van der Waals surface area contributed by atoms with Gasteiger partial charge in [-0.25, -0.2) is 9.78 Å². The average molecular weight is 440 g/mol. The van der Waals surface area contributed by atoms with Crippen molar-refractivity contribution < 1.29 is 14.3 Å². The van der Waals surface area contributed by atoms with Crippen LogP contribution in [0.5, 0.6) is 0 Å². The zero-order valence-electron chi connectivity index (χ0n) is 15.0. The second-order valence-electron chi connectivity index (χ2n) is 6.93. The lowest BCUT2D eigenvalue weighted by molar-refractivity contribution is -0.0586. The molecule has 6 nitrogen and oxygen atoms in total. The molecule has 28 heavy (non-hydrogen) atoms. The van der Waals surface area contributed by atoms with Crippen molar-refractivity contribution in [3.05, 3.63) is 64.5 Å². The number of halogens is 1. The van der Waals surface area contributed by atoms with Gasteiger partial charge in [0.05, 0.1) is 41.1 Å². The van der Waals surface area contributed by atoms with Crippen LogP contribution in [0.2, 0.25) is 0 Å². The van der Waals surface area contributed by atoms with Gasteiger partial charge in [0.1, 0.15) is 6.61 Å². The number of nitrogens with one attached hydrogen (secondary N) is 1. The van der Waals surface area contributed by atoms with E-state index in [2.05, 4.69) is 25.9 Å². The van der Waals surface area contributed by atoms with Crippen LogP contribution in [0, 0.1) is 0 Å². The van der Waals surface area contributed by atoms with Gasteiger partial charge in [-0.1, -0.05) is 6.07 Å². The lowest BCUT2D eigenvalue weighted by Crippen LogP contribution is -2.30. The Labute approximate surface area is 169 Å². The highest BCUT2D eigenvalue weighted by atomic mass is 79.9. The van der Waals surface area contributed by atoms with Gasteiger partial charge in [0, 0.05) is 22.7 Å². The number of nitrogens with zero attached hydrogens (tertiary/aromatic N) is 2. The molecule has 1 aliphatic heterocycles. The molecule has 4 aromatic rings. The van der Waals surface area contributed by atoms with Crippen LogP contribution < -0.4 is 0 Å². The lowest BCUT2D eigenvalue weighted by atomic mass is 10.1. The Bertz CT molecular complexity index is 1180. The third kappa shape index (κ3) is 3.10. The van der Waals surface area contributed by atoms with Gasteiger partial charge in [-0.15, -0.1) is 0 Å². The molecule has 1 saturated heterocycles.